The van der Waals surface area contributed by atoms with Gasteiger partial charge in [0.15, 0.2) is 12.4 Å². The lowest BCUT2D eigenvalue weighted by Crippen LogP contribution is -2.44. The Morgan fingerprint density at radius 3 is 1.19 bits per heavy atom. The zero-order valence-electron chi connectivity index (χ0n) is 46.8. The average molecular weight is 1010 g/mol. The van der Waals surface area contributed by atoms with Crippen molar-refractivity contribution in [3.05, 3.63) is 97.2 Å². The molecule has 0 aliphatic carbocycles. The number of hydrogen-bond acceptors (Lipinski definition) is 8. The summed E-state index contributed by atoms with van der Waals surface area (Å²) in [5.74, 6) is -2.30. The molecule has 0 saturated carbocycles. The molecule has 0 saturated heterocycles. The van der Waals surface area contributed by atoms with Crippen LogP contribution in [-0.4, -0.2) is 82.3 Å². The summed E-state index contributed by atoms with van der Waals surface area (Å²) in [6.07, 6.45) is 68.9. The number of ether oxygens (including phenoxy) is 4. The number of quaternary nitrogens is 1. The maximum absolute atomic E-state index is 12.8. The Morgan fingerprint density at radius 1 is 0.431 bits per heavy atom. The van der Waals surface area contributed by atoms with Crippen LogP contribution >= 0.6 is 0 Å². The second-order valence-corrected chi connectivity index (χ2v) is 20.2. The minimum absolute atomic E-state index is 0.143. The minimum atomic E-state index is -1.63. The van der Waals surface area contributed by atoms with E-state index in [1.807, 2.05) is 21.1 Å². The van der Waals surface area contributed by atoms with Crippen molar-refractivity contribution in [3.8, 4) is 0 Å². The lowest BCUT2D eigenvalue weighted by Gasteiger charge is -2.26. The van der Waals surface area contributed by atoms with Crippen LogP contribution in [0.1, 0.15) is 226 Å². The summed E-state index contributed by atoms with van der Waals surface area (Å²) < 4.78 is 22.6. The van der Waals surface area contributed by atoms with Gasteiger partial charge in [-0.2, -0.15) is 0 Å². The highest BCUT2D eigenvalue weighted by Crippen LogP contribution is 2.15. The van der Waals surface area contributed by atoms with Crippen molar-refractivity contribution in [1.29, 1.82) is 0 Å². The van der Waals surface area contributed by atoms with Crippen LogP contribution < -0.4 is 5.11 Å². The third kappa shape index (κ3) is 54.0. The first-order chi connectivity index (χ1) is 35.1. The molecule has 9 nitrogen and oxygen atoms in total. The predicted molar refractivity (Wildman–Crippen MR) is 301 cm³/mol. The molecule has 72 heavy (non-hydrogen) atoms. The molecule has 0 amide bonds. The molecule has 0 aliphatic heterocycles. The number of unbranched alkanes of at least 4 members (excludes halogenated alkanes) is 21. The number of carboxylic acids is 1. The van der Waals surface area contributed by atoms with Crippen LogP contribution in [0.15, 0.2) is 97.2 Å². The topological polar surface area (TPSA) is 111 Å². The van der Waals surface area contributed by atoms with E-state index in [4.69, 9.17) is 18.9 Å². The molecule has 0 aliphatic rings. The number of carboxylic acid groups (broad SMARTS) is 1. The Balaban J connectivity index is 4.12. The molecule has 0 heterocycles. The van der Waals surface area contributed by atoms with Gasteiger partial charge in [-0.05, 0) is 96.3 Å². The van der Waals surface area contributed by atoms with Gasteiger partial charge in [0, 0.05) is 12.8 Å². The van der Waals surface area contributed by atoms with Crippen molar-refractivity contribution in [2.24, 2.45) is 0 Å². The van der Waals surface area contributed by atoms with Crippen LogP contribution in [0, 0.1) is 0 Å². The highest BCUT2D eigenvalue weighted by molar-refractivity contribution is 5.70. The van der Waals surface area contributed by atoms with Gasteiger partial charge in [-0.1, -0.05) is 214 Å². The Bertz CT molecular complexity index is 1500. The first-order valence-corrected chi connectivity index (χ1v) is 28.9. The number of carbonyl (C=O) groups is 3. The van der Waals surface area contributed by atoms with Crippen molar-refractivity contribution in [2.45, 2.75) is 238 Å². The normalized spacial score (nSPS) is 13.5. The van der Waals surface area contributed by atoms with E-state index in [1.165, 1.54) is 89.9 Å². The summed E-state index contributed by atoms with van der Waals surface area (Å²) >= 11 is 0. The van der Waals surface area contributed by atoms with Crippen molar-refractivity contribution < 1.29 is 42.9 Å². The zero-order chi connectivity index (χ0) is 52.7. The molecular weight excluding hydrogens is 899 g/mol. The maximum atomic E-state index is 12.8. The standard InChI is InChI=1S/C63H107NO8/c1-6-8-10-12-14-16-18-20-21-22-23-24-25-26-27-28-29-30-31-32-33-34-35-36-37-38-39-40-41-42-44-46-48-50-52-54-61(66)72-59(58-71-63(62(67)68)69-56-55-64(3,4)5)57-70-60(65)53-51-49-47-45-43-19-17-15-13-11-9-7-2/h8,10,14-17,20-21,23-24,26-27,29-30,32-33,59,63H,6-7,9,11-13,18-19,22,25,28,31,34-58H2,1-5H3/b10-8-,16-14-,17-15-,21-20-,24-23-,27-26-,30-29-,33-32-. The molecule has 0 rings (SSSR count). The van der Waals surface area contributed by atoms with Gasteiger partial charge in [-0.15, -0.1) is 0 Å². The first kappa shape index (κ1) is 68.2. The van der Waals surface area contributed by atoms with Crippen molar-refractivity contribution in [1.82, 2.24) is 0 Å². The second-order valence-electron chi connectivity index (χ2n) is 20.2. The molecule has 0 aromatic rings. The van der Waals surface area contributed by atoms with E-state index in [0.717, 1.165) is 103 Å². The summed E-state index contributed by atoms with van der Waals surface area (Å²) in [5, 5.41) is 11.7. The van der Waals surface area contributed by atoms with Gasteiger partial charge in [0.2, 0.25) is 0 Å². The van der Waals surface area contributed by atoms with E-state index in [1.54, 1.807) is 0 Å². The van der Waals surface area contributed by atoms with E-state index in [0.29, 0.717) is 17.4 Å². The summed E-state index contributed by atoms with van der Waals surface area (Å²) in [5.41, 5.74) is 0. The largest absolute Gasteiger partial charge is 0.545 e. The Kier molecular flexibility index (Phi) is 50.7. The predicted octanol–water partition coefficient (Wildman–Crippen LogP) is 15.6. The Morgan fingerprint density at radius 2 is 0.792 bits per heavy atom. The Labute approximate surface area is 442 Å². The van der Waals surface area contributed by atoms with Crippen LogP contribution in [0.2, 0.25) is 0 Å². The fourth-order valence-electron chi connectivity index (χ4n) is 7.63. The molecular formula is C63H107NO8. The number of hydrogen-bond donors (Lipinski definition) is 0. The highest BCUT2D eigenvalue weighted by atomic mass is 16.7. The molecule has 0 radical (unpaired) electrons. The number of aliphatic carboxylic acids is 1. The lowest BCUT2D eigenvalue weighted by molar-refractivity contribution is -0.870. The van der Waals surface area contributed by atoms with Crippen molar-refractivity contribution in [3.63, 3.8) is 0 Å². The summed E-state index contributed by atoms with van der Waals surface area (Å²) in [4.78, 5) is 37.2. The summed E-state index contributed by atoms with van der Waals surface area (Å²) in [6, 6.07) is 0. The van der Waals surface area contributed by atoms with Gasteiger partial charge in [-0.3, -0.25) is 9.59 Å². The van der Waals surface area contributed by atoms with E-state index in [2.05, 4.69) is 111 Å². The SMILES string of the molecule is CC/C=C\C/C=C\C/C=C\C/C=C\C/C=C\C/C=C\C/C=C\CCCCCCCCCCCCCCCC(=O)OC(COC(=O)CCCCCCC/C=C\CCCCC)COC(OCC[N+](C)(C)C)C(=O)[O-]. The van der Waals surface area contributed by atoms with Crippen LogP contribution in [-0.2, 0) is 33.3 Å². The van der Waals surface area contributed by atoms with Crippen LogP contribution in [0.5, 0.6) is 0 Å². The van der Waals surface area contributed by atoms with Gasteiger partial charge in [0.05, 0.1) is 40.3 Å². The van der Waals surface area contributed by atoms with Crippen molar-refractivity contribution in [2.75, 3.05) is 47.5 Å². The Hall–Kier alpha value is -3.79. The van der Waals surface area contributed by atoms with Gasteiger partial charge < -0.3 is 33.3 Å². The molecule has 0 fully saturated rings. The molecule has 0 aromatic carbocycles. The lowest BCUT2D eigenvalue weighted by atomic mass is 10.0. The average Bonchev–Trinajstić information content (AvgIpc) is 3.35. The van der Waals surface area contributed by atoms with Gasteiger partial charge in [0.1, 0.15) is 13.2 Å². The smallest absolute Gasteiger partial charge is 0.306 e. The van der Waals surface area contributed by atoms with E-state index < -0.39 is 24.3 Å². The highest BCUT2D eigenvalue weighted by Gasteiger charge is 2.22. The quantitative estimate of drug-likeness (QED) is 0.0195. The number of carbonyl (C=O) groups excluding carboxylic acids is 3. The van der Waals surface area contributed by atoms with E-state index in [-0.39, 0.29) is 38.6 Å². The van der Waals surface area contributed by atoms with Crippen molar-refractivity contribution >= 4 is 17.9 Å². The third-order valence-electron chi connectivity index (χ3n) is 12.1. The van der Waals surface area contributed by atoms with E-state index >= 15 is 0 Å². The number of likely N-dealkylation sites (N-methyl/N-ethyl adjacent to an activating group) is 1. The molecule has 0 aromatic heterocycles. The van der Waals surface area contributed by atoms with Gasteiger partial charge in [0.25, 0.3) is 0 Å². The number of esters is 2. The van der Waals surface area contributed by atoms with Crippen LogP contribution in [0.4, 0.5) is 0 Å². The molecule has 0 spiro atoms. The van der Waals surface area contributed by atoms with Gasteiger partial charge in [-0.25, -0.2) is 0 Å². The molecule has 412 valence electrons. The fraction of sp³-hybridized carbons (Fsp3) is 0.698. The number of nitrogens with zero attached hydrogens (tertiary/aromatic N) is 1. The summed E-state index contributed by atoms with van der Waals surface area (Å²) in [6.45, 7) is 4.59. The molecule has 9 heteroatoms. The summed E-state index contributed by atoms with van der Waals surface area (Å²) in [7, 11) is 5.91. The molecule has 0 bridgehead atoms. The fourth-order valence-corrected chi connectivity index (χ4v) is 7.63. The monoisotopic (exact) mass is 1010 g/mol. The van der Waals surface area contributed by atoms with Crippen LogP contribution in [0.25, 0.3) is 0 Å². The zero-order valence-corrected chi connectivity index (χ0v) is 46.8. The minimum Gasteiger partial charge on any atom is -0.545 e. The maximum Gasteiger partial charge on any atom is 0.306 e. The number of allylic oxidation sites excluding steroid dienone is 16. The molecule has 2 atom stereocenters. The van der Waals surface area contributed by atoms with E-state index in [9.17, 15) is 19.5 Å². The third-order valence-corrected chi connectivity index (χ3v) is 12.1. The second kappa shape index (κ2) is 53.5. The van der Waals surface area contributed by atoms with Crippen LogP contribution in [0.3, 0.4) is 0 Å². The molecule has 0 N–H and O–H groups in total. The first-order valence-electron chi connectivity index (χ1n) is 28.9. The van der Waals surface area contributed by atoms with Gasteiger partial charge >= 0.3 is 11.9 Å². The molecule has 2 unspecified atom stereocenters. The number of rotatable bonds is 52.